The Morgan fingerprint density at radius 1 is 1.25 bits per heavy atom. The van der Waals surface area contributed by atoms with Gasteiger partial charge in [0.05, 0.1) is 6.54 Å². The summed E-state index contributed by atoms with van der Waals surface area (Å²) in [6.45, 7) is 9.54. The first kappa shape index (κ1) is 15.4. The maximum Gasteiger partial charge on any atom is 0.236 e. The number of rotatable bonds is 6. The molecule has 0 aliphatic carbocycles. The Bertz CT molecular complexity index is 224. The van der Waals surface area contributed by atoms with Crippen molar-refractivity contribution in [3.8, 4) is 0 Å². The third-order valence-corrected chi connectivity index (χ3v) is 3.21. The van der Waals surface area contributed by atoms with Crippen molar-refractivity contribution in [2.75, 3.05) is 34.2 Å². The Balaban J connectivity index is 3.96. The highest BCUT2D eigenvalue weighted by molar-refractivity contribution is 5.78. The van der Waals surface area contributed by atoms with Gasteiger partial charge >= 0.3 is 0 Å². The minimum atomic E-state index is 0.0662. The van der Waals surface area contributed by atoms with Crippen molar-refractivity contribution in [2.24, 2.45) is 0 Å². The molecule has 1 N–H and O–H groups in total. The van der Waals surface area contributed by atoms with Gasteiger partial charge in [0.15, 0.2) is 0 Å². The summed E-state index contributed by atoms with van der Waals surface area (Å²) >= 11 is 0. The Labute approximate surface area is 100.0 Å². The third-order valence-electron chi connectivity index (χ3n) is 3.21. The van der Waals surface area contributed by atoms with Crippen LogP contribution >= 0.6 is 0 Å². The molecule has 0 heterocycles. The number of carbonyl (C=O) groups is 1. The third kappa shape index (κ3) is 4.94. The summed E-state index contributed by atoms with van der Waals surface area (Å²) < 4.78 is 0. The Morgan fingerprint density at radius 2 is 1.75 bits per heavy atom. The molecule has 0 saturated carbocycles. The fraction of sp³-hybridized carbons (Fsp3) is 0.917. The van der Waals surface area contributed by atoms with Crippen LogP contribution in [0.5, 0.6) is 0 Å². The zero-order valence-electron chi connectivity index (χ0n) is 11.8. The van der Waals surface area contributed by atoms with Gasteiger partial charge in [-0.1, -0.05) is 0 Å². The van der Waals surface area contributed by atoms with Gasteiger partial charge in [0, 0.05) is 25.2 Å². The first-order chi connectivity index (χ1) is 7.18. The van der Waals surface area contributed by atoms with Crippen LogP contribution in [0.2, 0.25) is 0 Å². The standard InChI is InChI=1S/C12H27N3O/c1-10(2)15(7)11(16)8-13-9-12(3,4)14(5)6/h10,13H,8-9H2,1-7H3. The first-order valence-electron chi connectivity index (χ1n) is 5.82. The molecule has 0 spiro atoms. The number of nitrogens with one attached hydrogen (secondary N) is 1. The molecule has 0 rings (SSSR count). The fourth-order valence-corrected chi connectivity index (χ4v) is 1.05. The molecule has 0 aliphatic rings. The number of nitrogens with zero attached hydrogens (tertiary/aromatic N) is 2. The van der Waals surface area contributed by atoms with Crippen LogP contribution in [-0.4, -0.2) is 61.5 Å². The van der Waals surface area contributed by atoms with Gasteiger partial charge in [0.25, 0.3) is 0 Å². The summed E-state index contributed by atoms with van der Waals surface area (Å²) in [7, 11) is 5.93. The highest BCUT2D eigenvalue weighted by atomic mass is 16.2. The van der Waals surface area contributed by atoms with Crippen LogP contribution in [0.1, 0.15) is 27.7 Å². The van der Waals surface area contributed by atoms with E-state index < -0.39 is 0 Å². The molecular weight excluding hydrogens is 202 g/mol. The Morgan fingerprint density at radius 3 is 2.12 bits per heavy atom. The van der Waals surface area contributed by atoms with E-state index in [9.17, 15) is 4.79 Å². The Hall–Kier alpha value is -0.610. The molecule has 4 heteroatoms. The predicted molar refractivity (Wildman–Crippen MR) is 68.5 cm³/mol. The van der Waals surface area contributed by atoms with Gasteiger partial charge in [-0.25, -0.2) is 0 Å². The van der Waals surface area contributed by atoms with Crippen LogP contribution in [0.15, 0.2) is 0 Å². The van der Waals surface area contributed by atoms with Gasteiger partial charge in [-0.3, -0.25) is 4.79 Å². The summed E-state index contributed by atoms with van der Waals surface area (Å²) in [6, 6.07) is 0.260. The summed E-state index contributed by atoms with van der Waals surface area (Å²) in [5, 5.41) is 3.21. The molecule has 0 radical (unpaired) electrons. The number of likely N-dealkylation sites (N-methyl/N-ethyl adjacent to an activating group) is 2. The van der Waals surface area contributed by atoms with E-state index in [0.29, 0.717) is 6.54 Å². The lowest BCUT2D eigenvalue weighted by Crippen LogP contribution is -2.49. The van der Waals surface area contributed by atoms with Gasteiger partial charge in [0.1, 0.15) is 0 Å². The van der Waals surface area contributed by atoms with E-state index in [4.69, 9.17) is 0 Å². The molecule has 96 valence electrons. The van der Waals surface area contributed by atoms with Crippen LogP contribution in [0.4, 0.5) is 0 Å². The molecule has 0 saturated heterocycles. The maximum atomic E-state index is 11.7. The molecule has 0 aromatic carbocycles. The summed E-state index contributed by atoms with van der Waals surface area (Å²) in [5.74, 6) is 0.143. The topological polar surface area (TPSA) is 35.6 Å². The van der Waals surface area contributed by atoms with Gasteiger partial charge < -0.3 is 15.1 Å². The fourth-order valence-electron chi connectivity index (χ4n) is 1.05. The smallest absolute Gasteiger partial charge is 0.236 e. The lowest BCUT2D eigenvalue weighted by molar-refractivity contribution is -0.130. The van der Waals surface area contributed by atoms with E-state index in [2.05, 4.69) is 24.1 Å². The lowest BCUT2D eigenvalue weighted by atomic mass is 10.0. The minimum Gasteiger partial charge on any atom is -0.342 e. The van der Waals surface area contributed by atoms with E-state index in [1.165, 1.54) is 0 Å². The van der Waals surface area contributed by atoms with E-state index >= 15 is 0 Å². The second-order valence-corrected chi connectivity index (χ2v) is 5.41. The average molecular weight is 229 g/mol. The number of hydrogen-bond acceptors (Lipinski definition) is 3. The SMILES string of the molecule is CC(C)N(C)C(=O)CNCC(C)(C)N(C)C. The van der Waals surface area contributed by atoms with Crippen molar-refractivity contribution >= 4 is 5.91 Å². The van der Waals surface area contributed by atoms with Gasteiger partial charge in [-0.15, -0.1) is 0 Å². The van der Waals surface area contributed by atoms with Crippen molar-refractivity contribution in [3.05, 3.63) is 0 Å². The van der Waals surface area contributed by atoms with Crippen molar-refractivity contribution in [2.45, 2.75) is 39.3 Å². The average Bonchev–Trinajstić information content (AvgIpc) is 2.15. The van der Waals surface area contributed by atoms with Crippen molar-refractivity contribution in [1.29, 1.82) is 0 Å². The second-order valence-electron chi connectivity index (χ2n) is 5.41. The van der Waals surface area contributed by atoms with Gasteiger partial charge in [-0.2, -0.15) is 0 Å². The van der Waals surface area contributed by atoms with Crippen molar-refractivity contribution in [1.82, 2.24) is 15.1 Å². The quantitative estimate of drug-likeness (QED) is 0.731. The number of amides is 1. The first-order valence-corrected chi connectivity index (χ1v) is 5.82. The van der Waals surface area contributed by atoms with E-state index in [-0.39, 0.29) is 17.5 Å². The molecule has 0 aliphatic heterocycles. The van der Waals surface area contributed by atoms with Crippen LogP contribution in [-0.2, 0) is 4.79 Å². The second kappa shape index (κ2) is 6.21. The van der Waals surface area contributed by atoms with Crippen LogP contribution in [0, 0.1) is 0 Å². The molecule has 0 bridgehead atoms. The molecule has 0 fully saturated rings. The molecule has 4 nitrogen and oxygen atoms in total. The number of carbonyl (C=O) groups excluding carboxylic acids is 1. The van der Waals surface area contributed by atoms with Crippen LogP contribution in [0.3, 0.4) is 0 Å². The largest absolute Gasteiger partial charge is 0.342 e. The van der Waals surface area contributed by atoms with E-state index in [0.717, 1.165) is 6.54 Å². The highest BCUT2D eigenvalue weighted by Crippen LogP contribution is 2.07. The van der Waals surface area contributed by atoms with Crippen LogP contribution in [0.25, 0.3) is 0 Å². The van der Waals surface area contributed by atoms with Crippen molar-refractivity contribution in [3.63, 3.8) is 0 Å². The van der Waals surface area contributed by atoms with Crippen molar-refractivity contribution < 1.29 is 4.79 Å². The molecule has 0 unspecified atom stereocenters. The summed E-state index contributed by atoms with van der Waals surface area (Å²) in [5.41, 5.74) is 0.0662. The summed E-state index contributed by atoms with van der Waals surface area (Å²) in [6.07, 6.45) is 0. The molecule has 1 amide bonds. The molecule has 0 aromatic heterocycles. The monoisotopic (exact) mass is 229 g/mol. The van der Waals surface area contributed by atoms with E-state index in [1.54, 1.807) is 4.90 Å². The van der Waals surface area contributed by atoms with Gasteiger partial charge in [0.2, 0.25) is 5.91 Å². The normalized spacial score (nSPS) is 12.3. The summed E-state index contributed by atoms with van der Waals surface area (Å²) in [4.78, 5) is 15.6. The lowest BCUT2D eigenvalue weighted by Gasteiger charge is -2.33. The number of hydrogen-bond donors (Lipinski definition) is 1. The molecule has 0 aromatic rings. The zero-order valence-corrected chi connectivity index (χ0v) is 11.8. The maximum absolute atomic E-state index is 11.7. The predicted octanol–water partition coefficient (Wildman–Crippen LogP) is 0.783. The molecule has 0 atom stereocenters. The highest BCUT2D eigenvalue weighted by Gasteiger charge is 2.20. The molecule has 16 heavy (non-hydrogen) atoms. The van der Waals surface area contributed by atoms with Gasteiger partial charge in [-0.05, 0) is 41.8 Å². The van der Waals surface area contributed by atoms with E-state index in [1.807, 2.05) is 35.0 Å². The molecular formula is C12H27N3O. The Kier molecular flexibility index (Phi) is 5.97. The van der Waals surface area contributed by atoms with Crippen LogP contribution < -0.4 is 5.32 Å². The zero-order chi connectivity index (χ0) is 12.9. The minimum absolute atomic E-state index is 0.0662.